The van der Waals surface area contributed by atoms with E-state index in [1.165, 1.54) is 23.2 Å². The van der Waals surface area contributed by atoms with Crippen LogP contribution in [0.3, 0.4) is 0 Å². The van der Waals surface area contributed by atoms with Gasteiger partial charge in [0.1, 0.15) is 0 Å². The molecular formula is C16H19N3. The summed E-state index contributed by atoms with van der Waals surface area (Å²) in [6.45, 7) is 2.19. The first-order valence-electron chi connectivity index (χ1n) is 6.94. The summed E-state index contributed by atoms with van der Waals surface area (Å²) < 4.78 is 0. The van der Waals surface area contributed by atoms with Crippen LogP contribution in [0.15, 0.2) is 42.9 Å². The number of nitrogens with zero attached hydrogens (tertiary/aromatic N) is 2. The van der Waals surface area contributed by atoms with Crippen LogP contribution in [0.4, 0.5) is 0 Å². The first-order chi connectivity index (χ1) is 9.34. The van der Waals surface area contributed by atoms with Crippen molar-refractivity contribution in [2.45, 2.75) is 38.3 Å². The minimum absolute atomic E-state index is 0.298. The fourth-order valence-corrected chi connectivity index (χ4v) is 2.80. The second-order valence-corrected chi connectivity index (χ2v) is 5.17. The highest BCUT2D eigenvalue weighted by atomic mass is 15.0. The van der Waals surface area contributed by atoms with E-state index >= 15 is 0 Å². The summed E-state index contributed by atoms with van der Waals surface area (Å²) in [5.74, 6) is 0. The Balaban J connectivity index is 1.78. The molecular weight excluding hydrogens is 234 g/mol. The highest BCUT2D eigenvalue weighted by molar-refractivity contribution is 5.26. The van der Waals surface area contributed by atoms with Crippen LogP contribution >= 0.6 is 0 Å². The highest BCUT2D eigenvalue weighted by Gasteiger charge is 2.22. The molecule has 19 heavy (non-hydrogen) atoms. The Morgan fingerprint density at radius 1 is 1.26 bits per heavy atom. The summed E-state index contributed by atoms with van der Waals surface area (Å²) in [6.07, 6.45) is 9.19. The average molecular weight is 253 g/mol. The predicted octanol–water partition coefficient (Wildman–Crippen LogP) is 3.20. The van der Waals surface area contributed by atoms with Crippen LogP contribution in [-0.4, -0.2) is 9.97 Å². The molecule has 0 bridgehead atoms. The Hall–Kier alpha value is -1.74. The number of hydrogen-bond acceptors (Lipinski definition) is 3. The Labute approximate surface area is 114 Å². The van der Waals surface area contributed by atoms with E-state index in [1.807, 2.05) is 30.7 Å². The lowest BCUT2D eigenvalue weighted by Crippen LogP contribution is -2.28. The largest absolute Gasteiger partial charge is 0.302 e. The molecule has 2 atom stereocenters. The van der Waals surface area contributed by atoms with Crippen molar-refractivity contribution in [1.29, 1.82) is 0 Å². The molecule has 0 aliphatic heterocycles. The molecule has 1 N–H and O–H groups in total. The maximum absolute atomic E-state index is 4.57. The molecule has 0 radical (unpaired) electrons. The summed E-state index contributed by atoms with van der Waals surface area (Å²) in [4.78, 5) is 8.76. The quantitative estimate of drug-likeness (QED) is 0.912. The van der Waals surface area contributed by atoms with Crippen molar-refractivity contribution < 1.29 is 0 Å². The molecule has 0 saturated carbocycles. The molecule has 0 saturated heterocycles. The van der Waals surface area contributed by atoms with Gasteiger partial charge >= 0.3 is 0 Å². The SMILES string of the molecule is C[C@@H](NC1CCCc2cccnc21)c1cccnc1. The van der Waals surface area contributed by atoms with Gasteiger partial charge in [-0.25, -0.2) is 0 Å². The van der Waals surface area contributed by atoms with Crippen molar-refractivity contribution in [3.63, 3.8) is 0 Å². The van der Waals surface area contributed by atoms with Crippen molar-refractivity contribution in [2.24, 2.45) is 0 Å². The number of nitrogens with one attached hydrogen (secondary N) is 1. The van der Waals surface area contributed by atoms with Gasteiger partial charge in [0.05, 0.1) is 11.7 Å². The van der Waals surface area contributed by atoms with E-state index in [4.69, 9.17) is 0 Å². The van der Waals surface area contributed by atoms with Crippen molar-refractivity contribution in [3.05, 3.63) is 59.7 Å². The smallest absolute Gasteiger partial charge is 0.0605 e. The third-order valence-electron chi connectivity index (χ3n) is 3.83. The Morgan fingerprint density at radius 2 is 2.16 bits per heavy atom. The minimum atomic E-state index is 0.298. The molecule has 3 nitrogen and oxygen atoms in total. The third kappa shape index (κ3) is 2.66. The fourth-order valence-electron chi connectivity index (χ4n) is 2.80. The summed E-state index contributed by atoms with van der Waals surface area (Å²) in [6, 6.07) is 9.00. The molecule has 0 spiro atoms. The molecule has 0 amide bonds. The molecule has 98 valence electrons. The topological polar surface area (TPSA) is 37.8 Å². The van der Waals surface area contributed by atoms with Gasteiger partial charge in [0, 0.05) is 24.6 Å². The van der Waals surface area contributed by atoms with Gasteiger partial charge in [-0.3, -0.25) is 9.97 Å². The monoisotopic (exact) mass is 253 g/mol. The summed E-state index contributed by atoms with van der Waals surface area (Å²) in [5, 5.41) is 3.69. The zero-order valence-corrected chi connectivity index (χ0v) is 11.2. The van der Waals surface area contributed by atoms with E-state index < -0.39 is 0 Å². The normalized spacial score (nSPS) is 19.7. The number of pyridine rings is 2. The van der Waals surface area contributed by atoms with E-state index in [-0.39, 0.29) is 0 Å². The number of fused-ring (bicyclic) bond motifs is 1. The lowest BCUT2D eigenvalue weighted by Gasteiger charge is -2.28. The molecule has 2 heterocycles. The molecule has 0 aromatic carbocycles. The molecule has 2 aromatic rings. The molecule has 1 aliphatic carbocycles. The van der Waals surface area contributed by atoms with Gasteiger partial charge in [0.15, 0.2) is 0 Å². The Bertz CT molecular complexity index is 539. The molecule has 1 unspecified atom stereocenters. The van der Waals surface area contributed by atoms with E-state index in [9.17, 15) is 0 Å². The Morgan fingerprint density at radius 3 is 3.00 bits per heavy atom. The standard InChI is InChI=1S/C16H19N3/c1-12(14-7-3-9-17-11-14)19-15-8-2-5-13-6-4-10-18-16(13)15/h3-4,6-7,9-12,15,19H,2,5,8H2,1H3/t12-,15?/m1/s1. The number of hydrogen-bond donors (Lipinski definition) is 1. The van der Waals surface area contributed by atoms with Gasteiger partial charge in [0.25, 0.3) is 0 Å². The average Bonchev–Trinajstić information content (AvgIpc) is 2.48. The molecule has 3 heteroatoms. The van der Waals surface area contributed by atoms with Crippen molar-refractivity contribution in [3.8, 4) is 0 Å². The zero-order valence-electron chi connectivity index (χ0n) is 11.2. The highest BCUT2D eigenvalue weighted by Crippen LogP contribution is 2.29. The van der Waals surface area contributed by atoms with E-state index in [0.717, 1.165) is 12.8 Å². The van der Waals surface area contributed by atoms with Gasteiger partial charge in [-0.2, -0.15) is 0 Å². The van der Waals surface area contributed by atoms with Crippen LogP contribution in [-0.2, 0) is 6.42 Å². The third-order valence-corrected chi connectivity index (χ3v) is 3.83. The maximum Gasteiger partial charge on any atom is 0.0605 e. The van der Waals surface area contributed by atoms with Gasteiger partial charge in [0.2, 0.25) is 0 Å². The van der Waals surface area contributed by atoms with Gasteiger partial charge in [-0.05, 0) is 49.4 Å². The molecule has 3 rings (SSSR count). The minimum Gasteiger partial charge on any atom is -0.302 e. The van der Waals surface area contributed by atoms with Crippen LogP contribution in [0.5, 0.6) is 0 Å². The van der Waals surface area contributed by atoms with Crippen molar-refractivity contribution >= 4 is 0 Å². The van der Waals surface area contributed by atoms with Gasteiger partial charge in [-0.1, -0.05) is 12.1 Å². The Kier molecular flexibility index (Phi) is 3.56. The first-order valence-corrected chi connectivity index (χ1v) is 6.94. The van der Waals surface area contributed by atoms with Crippen LogP contribution < -0.4 is 5.32 Å². The number of aromatic nitrogens is 2. The van der Waals surface area contributed by atoms with Crippen molar-refractivity contribution in [1.82, 2.24) is 15.3 Å². The second kappa shape index (κ2) is 5.49. The predicted molar refractivity (Wildman–Crippen MR) is 75.7 cm³/mol. The van der Waals surface area contributed by atoms with Crippen LogP contribution in [0.2, 0.25) is 0 Å². The zero-order chi connectivity index (χ0) is 13.1. The number of aryl methyl sites for hydroxylation is 1. The second-order valence-electron chi connectivity index (χ2n) is 5.17. The summed E-state index contributed by atoms with van der Waals surface area (Å²) in [5.41, 5.74) is 3.85. The van der Waals surface area contributed by atoms with E-state index in [0.29, 0.717) is 12.1 Å². The number of rotatable bonds is 3. The van der Waals surface area contributed by atoms with Crippen LogP contribution in [0, 0.1) is 0 Å². The van der Waals surface area contributed by atoms with E-state index in [2.05, 4.69) is 34.3 Å². The molecule has 2 aromatic heterocycles. The van der Waals surface area contributed by atoms with E-state index in [1.54, 1.807) is 0 Å². The van der Waals surface area contributed by atoms with Crippen molar-refractivity contribution in [2.75, 3.05) is 0 Å². The summed E-state index contributed by atoms with van der Waals surface area (Å²) >= 11 is 0. The first kappa shape index (κ1) is 12.3. The van der Waals surface area contributed by atoms with Gasteiger partial charge < -0.3 is 5.32 Å². The summed E-state index contributed by atoms with van der Waals surface area (Å²) in [7, 11) is 0. The lowest BCUT2D eigenvalue weighted by molar-refractivity contribution is 0.406. The molecule has 1 aliphatic rings. The fraction of sp³-hybridized carbons (Fsp3) is 0.375. The lowest BCUT2D eigenvalue weighted by atomic mass is 9.91. The van der Waals surface area contributed by atoms with Crippen LogP contribution in [0.25, 0.3) is 0 Å². The van der Waals surface area contributed by atoms with Crippen LogP contribution in [0.1, 0.15) is 48.7 Å². The van der Waals surface area contributed by atoms with Gasteiger partial charge in [-0.15, -0.1) is 0 Å². The maximum atomic E-state index is 4.57. The molecule has 0 fully saturated rings.